The Kier molecular flexibility index (Phi) is 4.02. The van der Waals surface area contributed by atoms with Crippen molar-refractivity contribution in [2.75, 3.05) is 5.32 Å². The lowest BCUT2D eigenvalue weighted by atomic mass is 10.1. The minimum Gasteiger partial charge on any atom is -0.334 e. The molecule has 0 fully saturated rings. The summed E-state index contributed by atoms with van der Waals surface area (Å²) in [6.45, 7) is 8.50. The minimum absolute atomic E-state index is 0.188. The fourth-order valence-corrected chi connectivity index (χ4v) is 1.99. The molecular formula is C14H22N6O. The Morgan fingerprint density at radius 3 is 2.62 bits per heavy atom. The van der Waals surface area contributed by atoms with E-state index in [0.717, 1.165) is 11.3 Å². The molecule has 2 aromatic heterocycles. The molecule has 0 aliphatic rings. The van der Waals surface area contributed by atoms with Gasteiger partial charge in [-0.3, -0.25) is 10.00 Å². The number of carbonyl (C=O) groups is 1. The third-order valence-corrected chi connectivity index (χ3v) is 3.30. The number of anilines is 1. The van der Waals surface area contributed by atoms with E-state index >= 15 is 0 Å². The SMILES string of the molecule is Cc1c(CNC(=O)Nc2ccnn2C(C)(C)C)cnn1C. The van der Waals surface area contributed by atoms with Gasteiger partial charge in [0, 0.05) is 30.9 Å². The van der Waals surface area contributed by atoms with Crippen LogP contribution >= 0.6 is 0 Å². The summed E-state index contributed by atoms with van der Waals surface area (Å²) in [7, 11) is 1.88. The van der Waals surface area contributed by atoms with Crippen molar-refractivity contribution >= 4 is 11.8 Å². The number of aromatic nitrogens is 4. The monoisotopic (exact) mass is 290 g/mol. The van der Waals surface area contributed by atoms with Crippen molar-refractivity contribution in [2.45, 2.75) is 39.8 Å². The molecule has 7 heteroatoms. The Morgan fingerprint density at radius 2 is 2.05 bits per heavy atom. The molecule has 114 valence electrons. The van der Waals surface area contributed by atoms with Gasteiger partial charge in [-0.1, -0.05) is 0 Å². The van der Waals surface area contributed by atoms with E-state index in [9.17, 15) is 4.79 Å². The molecule has 2 rings (SSSR count). The van der Waals surface area contributed by atoms with Crippen molar-refractivity contribution in [3.05, 3.63) is 29.7 Å². The van der Waals surface area contributed by atoms with Gasteiger partial charge in [0.2, 0.25) is 0 Å². The summed E-state index contributed by atoms with van der Waals surface area (Å²) >= 11 is 0. The molecule has 0 atom stereocenters. The van der Waals surface area contributed by atoms with Crippen LogP contribution in [-0.2, 0) is 19.1 Å². The third kappa shape index (κ3) is 3.42. The van der Waals surface area contributed by atoms with Crippen molar-refractivity contribution in [1.82, 2.24) is 24.9 Å². The average Bonchev–Trinajstić information content (AvgIpc) is 2.96. The number of nitrogens with zero attached hydrogens (tertiary/aromatic N) is 4. The van der Waals surface area contributed by atoms with Gasteiger partial charge in [-0.25, -0.2) is 9.48 Å². The quantitative estimate of drug-likeness (QED) is 0.907. The molecule has 0 radical (unpaired) electrons. The highest BCUT2D eigenvalue weighted by atomic mass is 16.2. The first kappa shape index (κ1) is 15.1. The number of nitrogens with one attached hydrogen (secondary N) is 2. The van der Waals surface area contributed by atoms with E-state index in [-0.39, 0.29) is 11.6 Å². The van der Waals surface area contributed by atoms with E-state index in [2.05, 4.69) is 20.8 Å². The molecule has 0 saturated carbocycles. The number of carbonyl (C=O) groups excluding carboxylic acids is 1. The predicted molar refractivity (Wildman–Crippen MR) is 81.0 cm³/mol. The number of rotatable bonds is 3. The van der Waals surface area contributed by atoms with Crippen molar-refractivity contribution in [3.63, 3.8) is 0 Å². The second-order valence-corrected chi connectivity index (χ2v) is 5.99. The van der Waals surface area contributed by atoms with Crippen molar-refractivity contribution in [3.8, 4) is 0 Å². The van der Waals surface area contributed by atoms with Crippen molar-refractivity contribution in [2.24, 2.45) is 7.05 Å². The summed E-state index contributed by atoms with van der Waals surface area (Å²) in [5.41, 5.74) is 1.85. The van der Waals surface area contributed by atoms with Gasteiger partial charge < -0.3 is 5.32 Å². The highest BCUT2D eigenvalue weighted by Crippen LogP contribution is 2.18. The van der Waals surface area contributed by atoms with Gasteiger partial charge >= 0.3 is 6.03 Å². The van der Waals surface area contributed by atoms with Crippen LogP contribution in [-0.4, -0.2) is 25.6 Å². The van der Waals surface area contributed by atoms with Crippen LogP contribution in [0, 0.1) is 6.92 Å². The molecule has 0 spiro atoms. The predicted octanol–water partition coefficient (Wildman–Crippen LogP) is 2.00. The molecule has 2 aromatic rings. The fraction of sp³-hybridized carbons (Fsp3) is 0.500. The largest absolute Gasteiger partial charge is 0.334 e. The van der Waals surface area contributed by atoms with Crippen LogP contribution in [0.4, 0.5) is 10.6 Å². The lowest BCUT2D eigenvalue weighted by molar-refractivity contribution is 0.251. The Morgan fingerprint density at radius 1 is 1.33 bits per heavy atom. The summed E-state index contributed by atoms with van der Waals surface area (Å²) in [5, 5.41) is 14.0. The first-order chi connectivity index (χ1) is 9.79. The zero-order chi connectivity index (χ0) is 15.6. The number of hydrogen-bond donors (Lipinski definition) is 2. The molecule has 7 nitrogen and oxygen atoms in total. The van der Waals surface area contributed by atoms with E-state index in [0.29, 0.717) is 12.4 Å². The molecular weight excluding hydrogens is 268 g/mol. The maximum Gasteiger partial charge on any atom is 0.320 e. The zero-order valence-corrected chi connectivity index (χ0v) is 13.1. The van der Waals surface area contributed by atoms with E-state index in [1.807, 2.05) is 34.7 Å². The van der Waals surface area contributed by atoms with Crippen LogP contribution in [0.25, 0.3) is 0 Å². The van der Waals surface area contributed by atoms with E-state index in [1.54, 1.807) is 27.8 Å². The molecule has 0 aliphatic heterocycles. The van der Waals surface area contributed by atoms with Crippen LogP contribution in [0.15, 0.2) is 18.5 Å². The maximum atomic E-state index is 12.0. The van der Waals surface area contributed by atoms with Crippen LogP contribution in [0.1, 0.15) is 32.0 Å². The molecule has 2 heterocycles. The van der Waals surface area contributed by atoms with Gasteiger partial charge in [-0.2, -0.15) is 10.2 Å². The molecule has 21 heavy (non-hydrogen) atoms. The number of aryl methyl sites for hydroxylation is 1. The molecule has 0 aromatic carbocycles. The second kappa shape index (κ2) is 5.59. The summed E-state index contributed by atoms with van der Waals surface area (Å²) in [6, 6.07) is 1.52. The number of urea groups is 1. The molecule has 0 bridgehead atoms. The topological polar surface area (TPSA) is 76.8 Å². The molecule has 2 N–H and O–H groups in total. The zero-order valence-electron chi connectivity index (χ0n) is 13.1. The van der Waals surface area contributed by atoms with Crippen molar-refractivity contribution < 1.29 is 4.79 Å². The van der Waals surface area contributed by atoms with Gasteiger partial charge in [-0.15, -0.1) is 0 Å². The third-order valence-electron chi connectivity index (χ3n) is 3.30. The summed E-state index contributed by atoms with van der Waals surface area (Å²) in [4.78, 5) is 12.0. The smallest absolute Gasteiger partial charge is 0.320 e. The second-order valence-electron chi connectivity index (χ2n) is 5.99. The van der Waals surface area contributed by atoms with Gasteiger partial charge in [0.25, 0.3) is 0 Å². The Labute approximate surface area is 124 Å². The molecule has 0 aliphatic carbocycles. The number of hydrogen-bond acceptors (Lipinski definition) is 3. The normalized spacial score (nSPS) is 11.5. The highest BCUT2D eigenvalue weighted by molar-refractivity contribution is 5.88. The minimum atomic E-state index is -0.260. The maximum absolute atomic E-state index is 12.0. The molecule has 2 amide bonds. The number of amides is 2. The van der Waals surface area contributed by atoms with Gasteiger partial charge in [0.05, 0.1) is 17.9 Å². The van der Waals surface area contributed by atoms with Gasteiger partial charge in [0.1, 0.15) is 5.82 Å². The van der Waals surface area contributed by atoms with Crippen LogP contribution in [0.5, 0.6) is 0 Å². The van der Waals surface area contributed by atoms with Gasteiger partial charge in [0.15, 0.2) is 0 Å². The van der Waals surface area contributed by atoms with E-state index in [1.165, 1.54) is 0 Å². The first-order valence-electron chi connectivity index (χ1n) is 6.86. The average molecular weight is 290 g/mol. The standard InChI is InChI=1S/C14H22N6O/c1-10-11(9-17-19(10)5)8-15-13(21)18-12-6-7-16-20(12)14(2,3)4/h6-7,9H,8H2,1-5H3,(H2,15,18,21). The van der Waals surface area contributed by atoms with E-state index in [4.69, 9.17) is 0 Å². The highest BCUT2D eigenvalue weighted by Gasteiger charge is 2.18. The lowest BCUT2D eigenvalue weighted by Gasteiger charge is -2.22. The lowest BCUT2D eigenvalue weighted by Crippen LogP contribution is -2.32. The summed E-state index contributed by atoms with van der Waals surface area (Å²) in [6.07, 6.45) is 3.43. The Hall–Kier alpha value is -2.31. The van der Waals surface area contributed by atoms with Gasteiger partial charge in [-0.05, 0) is 27.7 Å². The van der Waals surface area contributed by atoms with Crippen LogP contribution in [0.3, 0.4) is 0 Å². The molecule has 0 unspecified atom stereocenters. The Balaban J connectivity index is 1.97. The first-order valence-corrected chi connectivity index (χ1v) is 6.86. The van der Waals surface area contributed by atoms with Crippen molar-refractivity contribution in [1.29, 1.82) is 0 Å². The summed E-state index contributed by atoms with van der Waals surface area (Å²) < 4.78 is 3.56. The summed E-state index contributed by atoms with van der Waals surface area (Å²) in [5.74, 6) is 0.669. The van der Waals surface area contributed by atoms with Crippen LogP contribution < -0.4 is 10.6 Å². The van der Waals surface area contributed by atoms with Crippen LogP contribution in [0.2, 0.25) is 0 Å². The Bertz CT molecular complexity index is 634. The molecule has 0 saturated heterocycles. The fourth-order valence-electron chi connectivity index (χ4n) is 1.99. The van der Waals surface area contributed by atoms with E-state index < -0.39 is 0 Å².